The predicted octanol–water partition coefficient (Wildman–Crippen LogP) is 1.26. The number of fused-ring (bicyclic) bond motifs is 1. The highest BCUT2D eigenvalue weighted by molar-refractivity contribution is 7.80. The molecule has 28 heavy (non-hydrogen) atoms. The smallest absolute Gasteiger partial charge is 0.328 e. The SMILES string of the molecule is O=C1NC(=S)N(C2CC2)C(=O)C1C=N[C@H](Cc1c[nH]c2ccccc12)C(=O)O. The minimum Gasteiger partial charge on any atom is -0.480 e. The highest BCUT2D eigenvalue weighted by Crippen LogP contribution is 2.29. The quantitative estimate of drug-likeness (QED) is 0.385. The summed E-state index contributed by atoms with van der Waals surface area (Å²) in [6, 6.07) is 6.47. The maximum absolute atomic E-state index is 12.6. The standard InChI is InChI=1S/C19H18N4O4S/c24-16-13(17(25)23(11-5-6-11)19(28)22-16)9-21-15(18(26)27)7-10-8-20-14-4-2-1-3-12(10)14/h1-4,8-9,11,13,15,20H,5-7H2,(H,26,27)(H,22,24,28)/t13?,15-/m1/s1. The first-order valence-corrected chi connectivity index (χ1v) is 9.35. The molecule has 2 heterocycles. The van der Waals surface area contributed by atoms with Crippen molar-refractivity contribution in [1.82, 2.24) is 15.2 Å². The van der Waals surface area contributed by atoms with Crippen LogP contribution >= 0.6 is 12.2 Å². The summed E-state index contributed by atoms with van der Waals surface area (Å²) in [5, 5.41) is 13.1. The number of carboxylic acid groups (broad SMARTS) is 1. The molecule has 2 aliphatic rings. The molecule has 1 saturated heterocycles. The number of carbonyl (C=O) groups excluding carboxylic acids is 2. The number of amides is 2. The third-order valence-electron chi connectivity index (χ3n) is 4.94. The number of nitrogens with one attached hydrogen (secondary N) is 2. The van der Waals surface area contributed by atoms with Gasteiger partial charge in [0.1, 0.15) is 0 Å². The van der Waals surface area contributed by atoms with Crippen molar-refractivity contribution in [1.29, 1.82) is 0 Å². The summed E-state index contributed by atoms with van der Waals surface area (Å²) in [7, 11) is 0. The molecule has 0 spiro atoms. The first-order chi connectivity index (χ1) is 13.5. The van der Waals surface area contributed by atoms with Crippen molar-refractivity contribution in [3.05, 3.63) is 36.0 Å². The number of para-hydroxylation sites is 1. The van der Waals surface area contributed by atoms with Crippen molar-refractivity contribution < 1.29 is 19.5 Å². The Morgan fingerprint density at radius 2 is 2.11 bits per heavy atom. The average Bonchev–Trinajstić information content (AvgIpc) is 3.40. The second-order valence-electron chi connectivity index (χ2n) is 6.93. The normalized spacial score (nSPS) is 21.4. The Hall–Kier alpha value is -3.07. The van der Waals surface area contributed by atoms with Crippen LogP contribution in [-0.2, 0) is 20.8 Å². The molecule has 8 nitrogen and oxygen atoms in total. The molecule has 144 valence electrons. The topological polar surface area (TPSA) is 115 Å². The Morgan fingerprint density at radius 3 is 2.82 bits per heavy atom. The van der Waals surface area contributed by atoms with Gasteiger partial charge >= 0.3 is 5.97 Å². The minimum atomic E-state index is -1.17. The molecule has 3 N–H and O–H groups in total. The number of hydrogen-bond acceptors (Lipinski definition) is 5. The lowest BCUT2D eigenvalue weighted by Gasteiger charge is -2.31. The lowest BCUT2D eigenvalue weighted by Crippen LogP contribution is -2.59. The van der Waals surface area contributed by atoms with E-state index in [-0.39, 0.29) is 17.6 Å². The number of carboxylic acids is 1. The fourth-order valence-corrected chi connectivity index (χ4v) is 3.66. The second-order valence-corrected chi connectivity index (χ2v) is 7.31. The number of carbonyl (C=O) groups is 3. The summed E-state index contributed by atoms with van der Waals surface area (Å²) < 4.78 is 0. The van der Waals surface area contributed by atoms with Crippen molar-refractivity contribution in [3.8, 4) is 0 Å². The van der Waals surface area contributed by atoms with Gasteiger partial charge in [-0.2, -0.15) is 0 Å². The van der Waals surface area contributed by atoms with Crippen LogP contribution < -0.4 is 5.32 Å². The maximum Gasteiger partial charge on any atom is 0.328 e. The van der Waals surface area contributed by atoms with Crippen LogP contribution in [0.3, 0.4) is 0 Å². The van der Waals surface area contributed by atoms with Crippen LogP contribution in [0.4, 0.5) is 0 Å². The van der Waals surface area contributed by atoms with Gasteiger partial charge in [-0.3, -0.25) is 19.5 Å². The van der Waals surface area contributed by atoms with E-state index in [1.54, 1.807) is 6.20 Å². The van der Waals surface area contributed by atoms with Crippen LogP contribution in [0.2, 0.25) is 0 Å². The van der Waals surface area contributed by atoms with Gasteiger partial charge in [0.15, 0.2) is 17.1 Å². The number of aliphatic imine (C=N–C) groups is 1. The van der Waals surface area contributed by atoms with Gasteiger partial charge in [0.2, 0.25) is 11.8 Å². The molecule has 0 radical (unpaired) electrons. The first-order valence-electron chi connectivity index (χ1n) is 8.94. The largest absolute Gasteiger partial charge is 0.480 e. The van der Waals surface area contributed by atoms with Crippen LogP contribution in [0.25, 0.3) is 10.9 Å². The van der Waals surface area contributed by atoms with Gasteiger partial charge < -0.3 is 15.4 Å². The fraction of sp³-hybridized carbons (Fsp3) is 0.316. The zero-order valence-electron chi connectivity index (χ0n) is 14.8. The van der Waals surface area contributed by atoms with Crippen LogP contribution in [-0.4, -0.2) is 56.2 Å². The molecule has 2 fully saturated rings. The van der Waals surface area contributed by atoms with Gasteiger partial charge in [0.05, 0.1) is 0 Å². The molecule has 9 heteroatoms. The molecule has 1 saturated carbocycles. The summed E-state index contributed by atoms with van der Waals surface area (Å²) in [6.45, 7) is 0. The van der Waals surface area contributed by atoms with E-state index in [1.165, 1.54) is 4.90 Å². The van der Waals surface area contributed by atoms with E-state index in [0.717, 1.165) is 35.5 Å². The first kappa shape index (κ1) is 18.3. The number of aromatic amines is 1. The molecule has 2 amide bonds. The van der Waals surface area contributed by atoms with E-state index in [2.05, 4.69) is 15.3 Å². The molecule has 1 unspecified atom stereocenters. The van der Waals surface area contributed by atoms with E-state index in [0.29, 0.717) is 0 Å². The van der Waals surface area contributed by atoms with Crippen molar-refractivity contribution in [3.63, 3.8) is 0 Å². The molecular formula is C19H18N4O4S. The Kier molecular flexibility index (Phi) is 4.68. The van der Waals surface area contributed by atoms with Gasteiger partial charge in [-0.05, 0) is 36.7 Å². The molecular weight excluding hydrogens is 380 g/mol. The van der Waals surface area contributed by atoms with Crippen molar-refractivity contribution >= 4 is 52.2 Å². The molecule has 2 atom stereocenters. The van der Waals surface area contributed by atoms with Gasteiger partial charge in [-0.15, -0.1) is 0 Å². The highest BCUT2D eigenvalue weighted by atomic mass is 32.1. The molecule has 4 rings (SSSR count). The minimum absolute atomic E-state index is 0.0120. The third kappa shape index (κ3) is 3.40. The molecule has 2 aromatic rings. The number of hydrogen-bond donors (Lipinski definition) is 3. The number of H-pyrrole nitrogens is 1. The van der Waals surface area contributed by atoms with E-state index < -0.39 is 29.7 Å². The number of rotatable bonds is 6. The number of benzene rings is 1. The van der Waals surface area contributed by atoms with E-state index in [4.69, 9.17) is 12.2 Å². The summed E-state index contributed by atoms with van der Waals surface area (Å²) in [4.78, 5) is 45.1. The summed E-state index contributed by atoms with van der Waals surface area (Å²) in [5.41, 5.74) is 1.71. The summed E-state index contributed by atoms with van der Waals surface area (Å²) in [6.07, 6.45) is 4.71. The second kappa shape index (κ2) is 7.16. The zero-order valence-corrected chi connectivity index (χ0v) is 15.6. The van der Waals surface area contributed by atoms with Crippen LogP contribution in [0, 0.1) is 5.92 Å². The number of thiocarbonyl (C=S) groups is 1. The molecule has 1 aromatic carbocycles. The number of nitrogens with zero attached hydrogens (tertiary/aromatic N) is 2. The average molecular weight is 398 g/mol. The Bertz CT molecular complexity index is 1010. The number of aromatic nitrogens is 1. The number of aliphatic carboxylic acids is 1. The fourth-order valence-electron chi connectivity index (χ4n) is 3.32. The van der Waals surface area contributed by atoms with Crippen LogP contribution in [0.5, 0.6) is 0 Å². The predicted molar refractivity (Wildman–Crippen MR) is 106 cm³/mol. The van der Waals surface area contributed by atoms with E-state index >= 15 is 0 Å². The molecule has 1 aliphatic carbocycles. The van der Waals surface area contributed by atoms with Gasteiger partial charge in [0, 0.05) is 35.8 Å². The van der Waals surface area contributed by atoms with Crippen LogP contribution in [0.1, 0.15) is 18.4 Å². The van der Waals surface area contributed by atoms with Crippen molar-refractivity contribution in [2.45, 2.75) is 31.3 Å². The Morgan fingerprint density at radius 1 is 1.36 bits per heavy atom. The van der Waals surface area contributed by atoms with E-state index in [9.17, 15) is 19.5 Å². The van der Waals surface area contributed by atoms with Crippen molar-refractivity contribution in [2.24, 2.45) is 10.9 Å². The Balaban J connectivity index is 1.54. The highest BCUT2D eigenvalue weighted by Gasteiger charge is 2.44. The van der Waals surface area contributed by atoms with Gasteiger partial charge in [-0.1, -0.05) is 18.2 Å². The zero-order chi connectivity index (χ0) is 19.8. The lowest BCUT2D eigenvalue weighted by atomic mass is 10.0. The summed E-state index contributed by atoms with van der Waals surface area (Å²) >= 11 is 5.08. The summed E-state index contributed by atoms with van der Waals surface area (Å²) in [5.74, 6) is -3.32. The lowest BCUT2D eigenvalue weighted by molar-refractivity contribution is -0.140. The third-order valence-corrected chi connectivity index (χ3v) is 5.23. The monoisotopic (exact) mass is 398 g/mol. The van der Waals surface area contributed by atoms with Crippen LogP contribution in [0.15, 0.2) is 35.5 Å². The molecule has 0 bridgehead atoms. The van der Waals surface area contributed by atoms with Gasteiger partial charge in [0.25, 0.3) is 0 Å². The molecule has 1 aliphatic heterocycles. The maximum atomic E-state index is 12.6. The Labute approximate surface area is 165 Å². The van der Waals surface area contributed by atoms with Crippen molar-refractivity contribution in [2.75, 3.05) is 0 Å². The molecule has 1 aromatic heterocycles. The van der Waals surface area contributed by atoms with E-state index in [1.807, 2.05) is 24.3 Å². The van der Waals surface area contributed by atoms with Gasteiger partial charge in [-0.25, -0.2) is 4.79 Å².